The number of anilines is 1. The highest BCUT2D eigenvalue weighted by molar-refractivity contribution is 7.89. The summed E-state index contributed by atoms with van der Waals surface area (Å²) in [5, 5.41) is -0.359. The van der Waals surface area contributed by atoms with Crippen molar-refractivity contribution in [1.29, 1.82) is 0 Å². The van der Waals surface area contributed by atoms with Crippen molar-refractivity contribution in [3.05, 3.63) is 23.4 Å². The first-order valence-corrected chi connectivity index (χ1v) is 9.32. The molecule has 0 unspecified atom stereocenters. The number of sulfonamides is 1. The second kappa shape index (κ2) is 6.84. The minimum absolute atomic E-state index is 0.129. The summed E-state index contributed by atoms with van der Waals surface area (Å²) in [6.45, 7) is 4.58. The number of aromatic nitrogens is 1. The van der Waals surface area contributed by atoms with E-state index < -0.39 is 15.9 Å². The number of primary amides is 1. The van der Waals surface area contributed by atoms with Gasteiger partial charge in [0.2, 0.25) is 10.0 Å². The molecular weight excluding hydrogens is 316 g/mol. The summed E-state index contributed by atoms with van der Waals surface area (Å²) in [5.74, 6) is -0.330. The van der Waals surface area contributed by atoms with Crippen LogP contribution in [0.15, 0.2) is 12.1 Å². The van der Waals surface area contributed by atoms with Gasteiger partial charge in [0.05, 0.1) is 10.8 Å². The van der Waals surface area contributed by atoms with Gasteiger partial charge in [-0.3, -0.25) is 4.79 Å². The molecule has 0 radical (unpaired) electrons. The zero-order chi connectivity index (χ0) is 17.2. The molecule has 0 saturated carbocycles. The highest BCUT2D eigenvalue weighted by Gasteiger charge is 2.32. The molecule has 1 amide bonds. The fraction of sp³-hybridized carbons (Fsp3) is 0.600. The van der Waals surface area contributed by atoms with Gasteiger partial charge in [0.15, 0.2) is 0 Å². The van der Waals surface area contributed by atoms with Crippen molar-refractivity contribution in [3.63, 3.8) is 0 Å². The second-order valence-electron chi connectivity index (χ2n) is 5.97. The number of amides is 1. The van der Waals surface area contributed by atoms with Crippen LogP contribution in [0.2, 0.25) is 0 Å². The van der Waals surface area contributed by atoms with Crippen LogP contribution in [0.3, 0.4) is 0 Å². The number of nitrogens with zero attached hydrogens (tertiary/aromatic N) is 2. The van der Waals surface area contributed by atoms with Crippen molar-refractivity contribution in [2.24, 2.45) is 5.73 Å². The molecule has 1 aromatic heterocycles. The number of nitrogen functional groups attached to an aromatic ring is 1. The SMILES string of the molecule is CC[C@H](C)S(=O)(=O)N1CCC(c2ccc(C(N)=O)c(N)n2)CC1. The number of nitrogens with two attached hydrogens (primary N) is 2. The van der Waals surface area contributed by atoms with Crippen LogP contribution in [0.4, 0.5) is 5.82 Å². The highest BCUT2D eigenvalue weighted by Crippen LogP contribution is 2.30. The van der Waals surface area contributed by atoms with Crippen LogP contribution in [0, 0.1) is 0 Å². The zero-order valence-electron chi connectivity index (χ0n) is 13.5. The minimum atomic E-state index is -3.22. The predicted octanol–water partition coefficient (Wildman–Crippen LogP) is 1.07. The van der Waals surface area contributed by atoms with Gasteiger partial charge in [-0.25, -0.2) is 17.7 Å². The average Bonchev–Trinajstić information content (AvgIpc) is 2.53. The van der Waals surface area contributed by atoms with Gasteiger partial charge in [0, 0.05) is 24.7 Å². The molecule has 2 heterocycles. The lowest BCUT2D eigenvalue weighted by Gasteiger charge is -2.32. The molecule has 128 valence electrons. The van der Waals surface area contributed by atoms with Crippen molar-refractivity contribution >= 4 is 21.7 Å². The largest absolute Gasteiger partial charge is 0.383 e. The predicted molar refractivity (Wildman–Crippen MR) is 89.4 cm³/mol. The van der Waals surface area contributed by atoms with Crippen molar-refractivity contribution in [2.45, 2.75) is 44.3 Å². The molecule has 23 heavy (non-hydrogen) atoms. The first kappa shape index (κ1) is 17.7. The molecule has 0 aromatic carbocycles. The van der Waals surface area contributed by atoms with E-state index in [-0.39, 0.29) is 22.5 Å². The van der Waals surface area contributed by atoms with E-state index in [1.165, 1.54) is 0 Å². The molecule has 2 rings (SSSR count). The Bertz CT molecular complexity index is 682. The molecule has 7 nitrogen and oxygen atoms in total. The summed E-state index contributed by atoms with van der Waals surface area (Å²) in [5.41, 5.74) is 12.0. The molecule has 1 aromatic rings. The Morgan fingerprint density at radius 2 is 2.00 bits per heavy atom. The molecular formula is C15H24N4O3S. The van der Waals surface area contributed by atoms with Gasteiger partial charge in [0.1, 0.15) is 5.82 Å². The van der Waals surface area contributed by atoms with Gasteiger partial charge in [-0.05, 0) is 38.3 Å². The van der Waals surface area contributed by atoms with Gasteiger partial charge in [0.25, 0.3) is 5.91 Å². The fourth-order valence-corrected chi connectivity index (χ4v) is 4.45. The second-order valence-corrected chi connectivity index (χ2v) is 8.32. The summed E-state index contributed by atoms with van der Waals surface area (Å²) >= 11 is 0. The topological polar surface area (TPSA) is 119 Å². The van der Waals surface area contributed by atoms with Gasteiger partial charge >= 0.3 is 0 Å². The molecule has 0 bridgehead atoms. The number of rotatable bonds is 5. The lowest BCUT2D eigenvalue weighted by molar-refractivity contribution is 0.100. The molecule has 1 aliphatic rings. The standard InChI is InChI=1S/C15H24N4O3S/c1-3-10(2)23(21,22)19-8-6-11(7-9-19)13-5-4-12(15(17)20)14(16)18-13/h4-5,10-11H,3,6-9H2,1-2H3,(H2,16,18)(H2,17,20)/t10-/m0/s1. The van der Waals surface area contributed by atoms with Crippen LogP contribution in [-0.4, -0.2) is 42.0 Å². The van der Waals surface area contributed by atoms with E-state index in [1.54, 1.807) is 23.4 Å². The summed E-state index contributed by atoms with van der Waals surface area (Å²) in [4.78, 5) is 15.4. The number of hydrogen-bond acceptors (Lipinski definition) is 5. The maximum Gasteiger partial charge on any atom is 0.252 e. The molecule has 1 aliphatic heterocycles. The third-order valence-corrected chi connectivity index (χ3v) is 6.96. The summed E-state index contributed by atoms with van der Waals surface area (Å²) in [6.07, 6.45) is 1.99. The van der Waals surface area contributed by atoms with E-state index >= 15 is 0 Å². The average molecular weight is 340 g/mol. The fourth-order valence-electron chi connectivity index (χ4n) is 2.80. The molecule has 1 fully saturated rings. The number of piperidine rings is 1. The van der Waals surface area contributed by atoms with E-state index in [2.05, 4.69) is 4.98 Å². The molecule has 4 N–H and O–H groups in total. The zero-order valence-corrected chi connectivity index (χ0v) is 14.3. The minimum Gasteiger partial charge on any atom is -0.383 e. The molecule has 0 spiro atoms. The monoisotopic (exact) mass is 340 g/mol. The van der Waals surface area contributed by atoms with Crippen molar-refractivity contribution in [3.8, 4) is 0 Å². The van der Waals surface area contributed by atoms with Gasteiger partial charge in [-0.1, -0.05) is 6.92 Å². The number of carbonyl (C=O) groups is 1. The number of hydrogen-bond donors (Lipinski definition) is 2. The van der Waals surface area contributed by atoms with Crippen LogP contribution in [0.25, 0.3) is 0 Å². The van der Waals surface area contributed by atoms with E-state index in [0.29, 0.717) is 32.4 Å². The number of carbonyl (C=O) groups excluding carboxylic acids is 1. The Hall–Kier alpha value is -1.67. The maximum atomic E-state index is 12.4. The van der Waals surface area contributed by atoms with Gasteiger partial charge in [-0.15, -0.1) is 0 Å². The lowest BCUT2D eigenvalue weighted by atomic mass is 9.94. The maximum absolute atomic E-state index is 12.4. The first-order chi connectivity index (χ1) is 10.8. The Labute approximate surface area is 137 Å². The summed E-state index contributed by atoms with van der Waals surface area (Å²) in [6, 6.07) is 3.34. The van der Waals surface area contributed by atoms with Crippen LogP contribution in [0.5, 0.6) is 0 Å². The van der Waals surface area contributed by atoms with Crippen LogP contribution >= 0.6 is 0 Å². The van der Waals surface area contributed by atoms with E-state index in [4.69, 9.17) is 11.5 Å². The third kappa shape index (κ3) is 3.64. The highest BCUT2D eigenvalue weighted by atomic mass is 32.2. The van der Waals surface area contributed by atoms with Gasteiger partial charge in [-0.2, -0.15) is 0 Å². The molecule has 8 heteroatoms. The lowest BCUT2D eigenvalue weighted by Crippen LogP contribution is -2.42. The van der Waals surface area contributed by atoms with E-state index in [1.807, 2.05) is 6.92 Å². The normalized spacial score (nSPS) is 18.7. The third-order valence-electron chi connectivity index (χ3n) is 4.53. The van der Waals surface area contributed by atoms with Crippen LogP contribution in [-0.2, 0) is 10.0 Å². The van der Waals surface area contributed by atoms with Gasteiger partial charge < -0.3 is 11.5 Å². The Morgan fingerprint density at radius 3 is 2.48 bits per heavy atom. The quantitative estimate of drug-likeness (QED) is 0.831. The molecule has 0 aliphatic carbocycles. The van der Waals surface area contributed by atoms with E-state index in [9.17, 15) is 13.2 Å². The van der Waals surface area contributed by atoms with Crippen molar-refractivity contribution in [1.82, 2.24) is 9.29 Å². The van der Waals surface area contributed by atoms with Crippen LogP contribution in [0.1, 0.15) is 55.1 Å². The van der Waals surface area contributed by atoms with Crippen molar-refractivity contribution < 1.29 is 13.2 Å². The summed E-state index contributed by atoms with van der Waals surface area (Å²) < 4.78 is 26.3. The Morgan fingerprint density at radius 1 is 1.39 bits per heavy atom. The Balaban J connectivity index is 2.08. The number of pyridine rings is 1. The smallest absolute Gasteiger partial charge is 0.252 e. The van der Waals surface area contributed by atoms with Crippen LogP contribution < -0.4 is 11.5 Å². The first-order valence-electron chi connectivity index (χ1n) is 7.82. The summed E-state index contributed by atoms with van der Waals surface area (Å²) in [7, 11) is -3.22. The van der Waals surface area contributed by atoms with E-state index in [0.717, 1.165) is 5.69 Å². The van der Waals surface area contributed by atoms with Crippen molar-refractivity contribution in [2.75, 3.05) is 18.8 Å². The Kier molecular flexibility index (Phi) is 5.26. The molecule has 1 saturated heterocycles. The molecule has 1 atom stereocenters.